The predicted molar refractivity (Wildman–Crippen MR) is 65.5 cm³/mol. The van der Waals surface area contributed by atoms with Crippen LogP contribution in [0.4, 0.5) is 0 Å². The van der Waals surface area contributed by atoms with E-state index in [-0.39, 0.29) is 24.8 Å². The molecule has 2 aliphatic heterocycles. The van der Waals surface area contributed by atoms with Crippen molar-refractivity contribution in [3.63, 3.8) is 0 Å². The number of thioether (sulfide) groups is 2. The maximum Gasteiger partial charge on any atom is 0.303 e. The van der Waals surface area contributed by atoms with Crippen LogP contribution in [-0.2, 0) is 14.4 Å². The Morgan fingerprint density at radius 2 is 1.71 bits per heavy atom. The van der Waals surface area contributed by atoms with Crippen LogP contribution in [0.5, 0.6) is 0 Å². The molecule has 0 saturated heterocycles. The van der Waals surface area contributed by atoms with Crippen LogP contribution in [0.2, 0.25) is 0 Å². The van der Waals surface area contributed by atoms with Crippen LogP contribution in [0.3, 0.4) is 0 Å². The van der Waals surface area contributed by atoms with Crippen LogP contribution in [0.25, 0.3) is 0 Å². The van der Waals surface area contributed by atoms with Gasteiger partial charge in [0.2, 0.25) is 0 Å². The van der Waals surface area contributed by atoms with Gasteiger partial charge in [0.15, 0.2) is 0 Å². The van der Waals surface area contributed by atoms with Gasteiger partial charge in [0, 0.05) is 24.5 Å². The van der Waals surface area contributed by atoms with Gasteiger partial charge in [0.05, 0.1) is 9.81 Å². The van der Waals surface area contributed by atoms with E-state index in [4.69, 9.17) is 5.11 Å². The number of nitrogens with zero attached hydrogens (tertiary/aromatic N) is 1. The summed E-state index contributed by atoms with van der Waals surface area (Å²) in [7, 11) is 0. The second kappa shape index (κ2) is 5.14. The fraction of sp³-hybridized carbons (Fsp3) is 0.500. The Labute approximate surface area is 107 Å². The number of hydrogen-bond donors (Lipinski definition) is 1. The van der Waals surface area contributed by atoms with Crippen molar-refractivity contribution in [2.45, 2.75) is 12.8 Å². The molecule has 7 heteroatoms. The van der Waals surface area contributed by atoms with Crippen LogP contribution < -0.4 is 0 Å². The summed E-state index contributed by atoms with van der Waals surface area (Å²) in [6.45, 7) is 0.193. The van der Waals surface area contributed by atoms with Crippen molar-refractivity contribution in [2.24, 2.45) is 0 Å². The molecule has 1 N–H and O–H groups in total. The largest absolute Gasteiger partial charge is 0.481 e. The second-order valence-electron chi connectivity index (χ2n) is 3.61. The van der Waals surface area contributed by atoms with Crippen LogP contribution in [-0.4, -0.2) is 45.8 Å². The Morgan fingerprint density at radius 1 is 1.18 bits per heavy atom. The quantitative estimate of drug-likeness (QED) is 0.767. The standard InChI is InChI=1S/C10H11NO4S2/c12-6(13)2-1-3-11-9(14)7-8(10(11)15)17-5-4-16-7/h1-5H2,(H,12,13). The minimum absolute atomic E-state index is 0.0258. The molecule has 0 atom stereocenters. The highest BCUT2D eigenvalue weighted by atomic mass is 32.2. The topological polar surface area (TPSA) is 74.7 Å². The number of aliphatic carboxylic acids is 1. The summed E-state index contributed by atoms with van der Waals surface area (Å²) in [6, 6.07) is 0. The van der Waals surface area contributed by atoms with Crippen molar-refractivity contribution < 1.29 is 19.5 Å². The molecule has 17 heavy (non-hydrogen) atoms. The molecule has 0 unspecified atom stereocenters. The third-order valence-electron chi connectivity index (χ3n) is 2.43. The fourth-order valence-electron chi connectivity index (χ4n) is 1.67. The van der Waals surface area contributed by atoms with E-state index >= 15 is 0 Å². The Kier molecular flexibility index (Phi) is 3.78. The average molecular weight is 273 g/mol. The molecule has 2 rings (SSSR count). The number of carbonyl (C=O) groups is 3. The molecule has 2 aliphatic rings. The van der Waals surface area contributed by atoms with E-state index in [0.717, 1.165) is 11.5 Å². The third-order valence-corrected chi connectivity index (χ3v) is 4.97. The highest BCUT2D eigenvalue weighted by Crippen LogP contribution is 2.40. The van der Waals surface area contributed by atoms with E-state index in [2.05, 4.69) is 0 Å². The summed E-state index contributed by atoms with van der Waals surface area (Å²) < 4.78 is 0. The molecule has 0 radical (unpaired) electrons. The zero-order valence-corrected chi connectivity index (χ0v) is 10.6. The molecule has 2 amide bonds. The molecule has 92 valence electrons. The number of carboxylic acids is 1. The molecule has 0 aromatic carbocycles. The first kappa shape index (κ1) is 12.5. The number of carboxylic acid groups (broad SMARTS) is 1. The van der Waals surface area contributed by atoms with E-state index in [1.807, 2.05) is 0 Å². The molecule has 0 bridgehead atoms. The lowest BCUT2D eigenvalue weighted by atomic mass is 10.3. The first-order chi connectivity index (χ1) is 8.11. The third kappa shape index (κ3) is 2.50. The van der Waals surface area contributed by atoms with Gasteiger partial charge in [-0.2, -0.15) is 0 Å². The van der Waals surface area contributed by atoms with Crippen molar-refractivity contribution in [1.29, 1.82) is 0 Å². The lowest BCUT2D eigenvalue weighted by Gasteiger charge is -2.13. The molecule has 0 aromatic heterocycles. The van der Waals surface area contributed by atoms with Gasteiger partial charge in [-0.1, -0.05) is 0 Å². The Balaban J connectivity index is 2.00. The number of carbonyl (C=O) groups excluding carboxylic acids is 2. The Hall–Kier alpha value is -0.950. The lowest BCUT2D eigenvalue weighted by molar-refractivity contribution is -0.140. The molecule has 0 aromatic rings. The minimum Gasteiger partial charge on any atom is -0.481 e. The van der Waals surface area contributed by atoms with Crippen molar-refractivity contribution in [2.75, 3.05) is 18.1 Å². The van der Waals surface area contributed by atoms with Gasteiger partial charge in [-0.05, 0) is 6.42 Å². The van der Waals surface area contributed by atoms with Crippen molar-refractivity contribution in [3.05, 3.63) is 9.81 Å². The van der Waals surface area contributed by atoms with Gasteiger partial charge in [0.25, 0.3) is 11.8 Å². The molecule has 0 fully saturated rings. The first-order valence-corrected chi connectivity index (χ1v) is 7.16. The molecular weight excluding hydrogens is 262 g/mol. The molecular formula is C10H11NO4S2. The summed E-state index contributed by atoms with van der Waals surface area (Å²) >= 11 is 2.84. The minimum atomic E-state index is -0.912. The van der Waals surface area contributed by atoms with Crippen LogP contribution in [0.1, 0.15) is 12.8 Å². The van der Waals surface area contributed by atoms with Gasteiger partial charge >= 0.3 is 5.97 Å². The van der Waals surface area contributed by atoms with Crippen LogP contribution >= 0.6 is 23.5 Å². The number of rotatable bonds is 4. The van der Waals surface area contributed by atoms with Crippen LogP contribution in [0.15, 0.2) is 9.81 Å². The molecule has 5 nitrogen and oxygen atoms in total. The highest BCUT2D eigenvalue weighted by molar-refractivity contribution is 8.11. The van der Waals surface area contributed by atoms with Crippen molar-refractivity contribution >= 4 is 41.3 Å². The SMILES string of the molecule is O=C(O)CCCN1C(=O)C2=C(SCCS2)C1=O. The van der Waals surface area contributed by atoms with E-state index in [1.165, 1.54) is 28.4 Å². The van der Waals surface area contributed by atoms with Crippen molar-refractivity contribution in [3.8, 4) is 0 Å². The summed E-state index contributed by atoms with van der Waals surface area (Å²) in [5.74, 6) is 0.252. The fourth-order valence-corrected chi connectivity index (χ4v) is 4.00. The molecule has 0 aliphatic carbocycles. The predicted octanol–water partition coefficient (Wildman–Crippen LogP) is 0.912. The summed E-state index contributed by atoms with van der Waals surface area (Å²) in [6.07, 6.45) is 0.282. The first-order valence-electron chi connectivity index (χ1n) is 5.19. The normalized spacial score (nSPS) is 19.9. The monoisotopic (exact) mass is 273 g/mol. The smallest absolute Gasteiger partial charge is 0.303 e. The van der Waals surface area contributed by atoms with Crippen molar-refractivity contribution in [1.82, 2.24) is 4.90 Å². The lowest BCUT2D eigenvalue weighted by Crippen LogP contribution is -2.32. The number of hydrogen-bond acceptors (Lipinski definition) is 5. The highest BCUT2D eigenvalue weighted by Gasteiger charge is 2.39. The molecule has 2 heterocycles. The van der Waals surface area contributed by atoms with Gasteiger partial charge in [-0.25, -0.2) is 0 Å². The summed E-state index contributed by atoms with van der Waals surface area (Å²) in [4.78, 5) is 36.4. The van der Waals surface area contributed by atoms with Gasteiger partial charge in [-0.3, -0.25) is 19.3 Å². The summed E-state index contributed by atoms with van der Waals surface area (Å²) in [5, 5.41) is 8.52. The molecule has 0 saturated carbocycles. The summed E-state index contributed by atoms with van der Waals surface area (Å²) in [5.41, 5.74) is 0. The van der Waals surface area contributed by atoms with E-state index in [1.54, 1.807) is 0 Å². The van der Waals surface area contributed by atoms with Gasteiger partial charge < -0.3 is 5.11 Å². The maximum absolute atomic E-state index is 11.9. The molecule has 0 spiro atoms. The average Bonchev–Trinajstić information content (AvgIpc) is 2.54. The zero-order chi connectivity index (χ0) is 12.4. The second-order valence-corrected chi connectivity index (χ2v) is 5.82. The van der Waals surface area contributed by atoms with E-state index < -0.39 is 5.97 Å². The van der Waals surface area contributed by atoms with Crippen LogP contribution in [0, 0.1) is 0 Å². The van der Waals surface area contributed by atoms with E-state index in [9.17, 15) is 14.4 Å². The maximum atomic E-state index is 11.9. The Morgan fingerprint density at radius 3 is 2.18 bits per heavy atom. The van der Waals surface area contributed by atoms with E-state index in [0.29, 0.717) is 16.2 Å². The zero-order valence-electron chi connectivity index (χ0n) is 8.97. The van der Waals surface area contributed by atoms with Gasteiger partial charge in [-0.15, -0.1) is 23.5 Å². The number of amides is 2. The number of imide groups is 1. The Bertz CT molecular complexity index is 391. The van der Waals surface area contributed by atoms with Gasteiger partial charge in [0.1, 0.15) is 0 Å².